The molecule has 0 spiro atoms. The molecule has 1 rings (SSSR count). The Balaban J connectivity index is 2.62. The topological polar surface area (TPSA) is 53.6 Å². The highest BCUT2D eigenvalue weighted by Crippen LogP contribution is 2.05. The van der Waals surface area contributed by atoms with Gasteiger partial charge in [0.1, 0.15) is 5.70 Å². The Kier molecular flexibility index (Phi) is 3.39. The van der Waals surface area contributed by atoms with Crippen LogP contribution in [0.4, 0.5) is 0 Å². The van der Waals surface area contributed by atoms with Crippen LogP contribution in [0.1, 0.15) is 6.92 Å². The first-order chi connectivity index (χ1) is 6.63. The van der Waals surface area contributed by atoms with E-state index in [9.17, 15) is 4.79 Å². The van der Waals surface area contributed by atoms with Crippen LogP contribution in [-0.2, 0) is 9.53 Å². The molecule has 0 amide bonds. The summed E-state index contributed by atoms with van der Waals surface area (Å²) in [5, 5.41) is 0. The number of esters is 1. The summed E-state index contributed by atoms with van der Waals surface area (Å²) in [6.07, 6.45) is 3.57. The number of hydrogen-bond donors (Lipinski definition) is 2. The molecule has 0 aromatic heterocycles. The van der Waals surface area contributed by atoms with E-state index in [2.05, 4.69) is 10.9 Å². The van der Waals surface area contributed by atoms with Gasteiger partial charge in [-0.3, -0.25) is 10.9 Å². The minimum atomic E-state index is -0.345. The van der Waals surface area contributed by atoms with E-state index in [4.69, 9.17) is 4.74 Å². The number of rotatable bonds is 3. The average molecular weight is 197 g/mol. The fourth-order valence-corrected chi connectivity index (χ4v) is 1.03. The monoisotopic (exact) mass is 197 g/mol. The lowest BCUT2D eigenvalue weighted by Crippen LogP contribution is -2.27. The van der Waals surface area contributed by atoms with Gasteiger partial charge in [0.05, 0.1) is 12.3 Å². The highest BCUT2D eigenvalue weighted by Gasteiger charge is 2.16. The van der Waals surface area contributed by atoms with Crippen LogP contribution in [0, 0.1) is 0 Å². The molecule has 0 bridgehead atoms. The van der Waals surface area contributed by atoms with Gasteiger partial charge in [-0.1, -0.05) is 0 Å². The van der Waals surface area contributed by atoms with E-state index >= 15 is 0 Å². The molecule has 1 heterocycles. The normalized spacial score (nSPS) is 17.1. The lowest BCUT2D eigenvalue weighted by molar-refractivity contribution is -0.138. The van der Waals surface area contributed by atoms with E-state index in [0.29, 0.717) is 12.3 Å². The van der Waals surface area contributed by atoms with E-state index in [1.807, 2.05) is 25.2 Å². The molecule has 14 heavy (non-hydrogen) atoms. The summed E-state index contributed by atoms with van der Waals surface area (Å²) < 4.78 is 4.83. The molecule has 1 aliphatic heterocycles. The molecule has 0 saturated heterocycles. The lowest BCUT2D eigenvalue weighted by atomic mass is 10.4. The summed E-state index contributed by atoms with van der Waals surface area (Å²) >= 11 is 0. The first kappa shape index (κ1) is 10.4. The van der Waals surface area contributed by atoms with Crippen LogP contribution >= 0.6 is 0 Å². The Bertz CT molecular complexity index is 282. The molecular formula is C9H15N3O2. The molecule has 0 saturated carbocycles. The van der Waals surface area contributed by atoms with Crippen molar-refractivity contribution >= 4 is 5.97 Å². The molecular weight excluding hydrogens is 182 g/mol. The van der Waals surface area contributed by atoms with Crippen LogP contribution in [0.5, 0.6) is 0 Å². The Morgan fingerprint density at radius 1 is 1.57 bits per heavy atom. The van der Waals surface area contributed by atoms with Crippen LogP contribution < -0.4 is 10.9 Å². The summed E-state index contributed by atoms with van der Waals surface area (Å²) in [6.45, 7) is 2.15. The number of carbonyl (C=O) groups excluding carboxylic acids is 1. The van der Waals surface area contributed by atoms with Crippen LogP contribution in [0.2, 0.25) is 0 Å². The van der Waals surface area contributed by atoms with Gasteiger partial charge in [-0.15, -0.1) is 0 Å². The molecule has 0 radical (unpaired) electrons. The van der Waals surface area contributed by atoms with Crippen LogP contribution in [0.25, 0.3) is 0 Å². The van der Waals surface area contributed by atoms with Crippen molar-refractivity contribution in [2.45, 2.75) is 6.92 Å². The molecule has 1 aliphatic rings. The maximum Gasteiger partial charge on any atom is 0.356 e. The zero-order chi connectivity index (χ0) is 10.6. The lowest BCUT2D eigenvalue weighted by Gasteiger charge is -2.06. The van der Waals surface area contributed by atoms with E-state index in [1.165, 1.54) is 0 Å². The van der Waals surface area contributed by atoms with Gasteiger partial charge < -0.3 is 9.64 Å². The number of carbonyl (C=O) groups is 1. The van der Waals surface area contributed by atoms with E-state index in [1.54, 1.807) is 13.0 Å². The number of allylic oxidation sites excluding steroid dienone is 1. The maximum absolute atomic E-state index is 11.2. The third-order valence-corrected chi connectivity index (χ3v) is 1.53. The van der Waals surface area contributed by atoms with Crippen LogP contribution in [0.15, 0.2) is 23.7 Å². The van der Waals surface area contributed by atoms with Crippen molar-refractivity contribution in [3.05, 3.63) is 23.7 Å². The van der Waals surface area contributed by atoms with Gasteiger partial charge in [0.15, 0.2) is 0 Å². The largest absolute Gasteiger partial charge is 0.461 e. The van der Waals surface area contributed by atoms with Gasteiger partial charge in [-0.05, 0) is 13.0 Å². The molecule has 0 fully saturated rings. The number of nitrogens with one attached hydrogen (secondary N) is 2. The van der Waals surface area contributed by atoms with Gasteiger partial charge in [0.2, 0.25) is 0 Å². The van der Waals surface area contributed by atoms with Gasteiger partial charge in [0.25, 0.3) is 0 Å². The minimum Gasteiger partial charge on any atom is -0.461 e. The minimum absolute atomic E-state index is 0.345. The zero-order valence-corrected chi connectivity index (χ0v) is 8.63. The highest BCUT2D eigenvalue weighted by atomic mass is 16.5. The van der Waals surface area contributed by atoms with Crippen LogP contribution in [-0.4, -0.2) is 31.6 Å². The maximum atomic E-state index is 11.2. The molecule has 5 nitrogen and oxygen atoms in total. The fourth-order valence-electron chi connectivity index (χ4n) is 1.03. The molecule has 0 aromatic rings. The standard InChI is InChI=1S/C9H15N3O2/c1-4-14-9(13)8-5-7(10-11-8)6-12(2)3/h5-6,10-11H,4H2,1-3H3. The summed E-state index contributed by atoms with van der Waals surface area (Å²) in [5.41, 5.74) is 6.85. The first-order valence-corrected chi connectivity index (χ1v) is 4.42. The predicted molar refractivity (Wildman–Crippen MR) is 52.8 cm³/mol. The summed E-state index contributed by atoms with van der Waals surface area (Å²) in [7, 11) is 3.82. The smallest absolute Gasteiger partial charge is 0.356 e. The molecule has 0 atom stereocenters. The Morgan fingerprint density at radius 3 is 2.86 bits per heavy atom. The third-order valence-electron chi connectivity index (χ3n) is 1.53. The molecule has 0 unspecified atom stereocenters. The van der Waals surface area contributed by atoms with E-state index in [0.717, 1.165) is 5.70 Å². The Labute approximate surface area is 83.4 Å². The van der Waals surface area contributed by atoms with Crippen molar-refractivity contribution in [1.29, 1.82) is 0 Å². The summed E-state index contributed by atoms with van der Waals surface area (Å²) in [5.74, 6) is -0.345. The molecule has 0 aromatic carbocycles. The second-order valence-electron chi connectivity index (χ2n) is 3.08. The Morgan fingerprint density at radius 2 is 2.29 bits per heavy atom. The van der Waals surface area contributed by atoms with Gasteiger partial charge in [0, 0.05) is 20.3 Å². The van der Waals surface area contributed by atoms with Crippen LogP contribution in [0.3, 0.4) is 0 Å². The van der Waals surface area contributed by atoms with Crippen molar-refractivity contribution in [2.24, 2.45) is 0 Å². The predicted octanol–water partition coefficient (Wildman–Crippen LogP) is -0.0558. The zero-order valence-electron chi connectivity index (χ0n) is 8.63. The van der Waals surface area contributed by atoms with E-state index < -0.39 is 0 Å². The SMILES string of the molecule is CCOC(=O)C1=CC(=CN(C)C)NN1. The van der Waals surface area contributed by atoms with E-state index in [-0.39, 0.29) is 5.97 Å². The molecule has 2 N–H and O–H groups in total. The second kappa shape index (κ2) is 4.55. The average Bonchev–Trinajstić information content (AvgIpc) is 2.52. The quantitative estimate of drug-likeness (QED) is 0.621. The highest BCUT2D eigenvalue weighted by molar-refractivity contribution is 5.89. The van der Waals surface area contributed by atoms with Gasteiger partial charge in [-0.2, -0.15) is 0 Å². The van der Waals surface area contributed by atoms with Crippen molar-refractivity contribution in [3.63, 3.8) is 0 Å². The van der Waals surface area contributed by atoms with Gasteiger partial charge in [-0.25, -0.2) is 4.79 Å². The van der Waals surface area contributed by atoms with Crippen molar-refractivity contribution < 1.29 is 9.53 Å². The summed E-state index contributed by atoms with van der Waals surface area (Å²) in [6, 6.07) is 0. The number of hydrogen-bond acceptors (Lipinski definition) is 5. The fraction of sp³-hybridized carbons (Fsp3) is 0.444. The van der Waals surface area contributed by atoms with Crippen molar-refractivity contribution in [1.82, 2.24) is 15.8 Å². The van der Waals surface area contributed by atoms with Gasteiger partial charge >= 0.3 is 5.97 Å². The second-order valence-corrected chi connectivity index (χ2v) is 3.08. The number of ether oxygens (including phenoxy) is 1. The summed E-state index contributed by atoms with van der Waals surface area (Å²) in [4.78, 5) is 13.1. The molecule has 5 heteroatoms. The first-order valence-electron chi connectivity index (χ1n) is 4.42. The molecule has 78 valence electrons. The van der Waals surface area contributed by atoms with Crippen molar-refractivity contribution in [2.75, 3.05) is 20.7 Å². The molecule has 0 aliphatic carbocycles. The Hall–Kier alpha value is -1.65. The number of hydrazine groups is 1. The number of nitrogens with zero attached hydrogens (tertiary/aromatic N) is 1. The van der Waals surface area contributed by atoms with Crippen molar-refractivity contribution in [3.8, 4) is 0 Å². The third kappa shape index (κ3) is 2.69.